The van der Waals surface area contributed by atoms with Crippen molar-refractivity contribution >= 4 is 17.2 Å². The topological polar surface area (TPSA) is 53.6 Å². The Bertz CT molecular complexity index is 646. The molecule has 96 valence electrons. The minimum absolute atomic E-state index is 0.340. The molecule has 0 aliphatic heterocycles. The van der Waals surface area contributed by atoms with E-state index >= 15 is 0 Å². The third kappa shape index (κ3) is 2.63. The molecule has 0 saturated carbocycles. The molecule has 0 amide bonds. The first-order valence-corrected chi connectivity index (χ1v) is 6.62. The second-order valence-corrected chi connectivity index (χ2v) is 4.91. The van der Waals surface area contributed by atoms with E-state index in [1.54, 1.807) is 23.6 Å². The number of nitrogens with zero attached hydrogens (tertiary/aromatic N) is 2. The van der Waals surface area contributed by atoms with E-state index in [4.69, 9.17) is 0 Å². The molecule has 0 aromatic carbocycles. The Hall–Kier alpha value is -2.21. The summed E-state index contributed by atoms with van der Waals surface area (Å²) in [5, 5.41) is 12.2. The lowest BCUT2D eigenvalue weighted by molar-refractivity contribution is 0.621. The predicted molar refractivity (Wildman–Crippen MR) is 73.4 cm³/mol. The van der Waals surface area contributed by atoms with Gasteiger partial charge in [0, 0.05) is 12.1 Å². The minimum Gasteiger partial charge on any atom is -0.366 e. The van der Waals surface area contributed by atoms with Crippen LogP contribution in [0.3, 0.4) is 0 Å². The fourth-order valence-electron chi connectivity index (χ4n) is 1.75. The summed E-state index contributed by atoms with van der Waals surface area (Å²) in [5.74, 6) is 0.299. The maximum Gasteiger partial charge on any atom is 0.141 e. The number of halogens is 1. The summed E-state index contributed by atoms with van der Waals surface area (Å²) in [6, 6.07) is 7.03. The lowest BCUT2D eigenvalue weighted by Gasteiger charge is -2.05. The Morgan fingerprint density at radius 3 is 2.95 bits per heavy atom. The van der Waals surface area contributed by atoms with Crippen LogP contribution in [0.25, 0.3) is 10.6 Å². The Morgan fingerprint density at radius 2 is 2.21 bits per heavy atom. The zero-order valence-electron chi connectivity index (χ0n) is 9.93. The molecule has 0 atom stereocenters. The molecule has 0 fully saturated rings. The average Bonchev–Trinajstić information content (AvgIpc) is 3.08. The summed E-state index contributed by atoms with van der Waals surface area (Å²) >= 11 is 1.65. The van der Waals surface area contributed by atoms with Crippen LogP contribution in [-0.4, -0.2) is 15.2 Å². The largest absolute Gasteiger partial charge is 0.366 e. The minimum atomic E-state index is -0.340. The van der Waals surface area contributed by atoms with Crippen molar-refractivity contribution in [3.8, 4) is 10.6 Å². The van der Waals surface area contributed by atoms with Crippen LogP contribution >= 0.6 is 11.3 Å². The number of rotatable bonds is 4. The van der Waals surface area contributed by atoms with Crippen molar-refractivity contribution in [2.75, 3.05) is 5.32 Å². The molecule has 0 spiro atoms. The number of thiophene rings is 1. The molecular weight excluding hydrogens is 263 g/mol. The second-order valence-electron chi connectivity index (χ2n) is 3.96. The average molecular weight is 274 g/mol. The quantitative estimate of drug-likeness (QED) is 0.767. The molecule has 0 aliphatic carbocycles. The number of hydrogen-bond donors (Lipinski definition) is 2. The van der Waals surface area contributed by atoms with Gasteiger partial charge in [0.1, 0.15) is 11.6 Å². The van der Waals surface area contributed by atoms with E-state index in [0.29, 0.717) is 12.4 Å². The Kier molecular flexibility index (Phi) is 3.24. The van der Waals surface area contributed by atoms with Crippen LogP contribution in [0.1, 0.15) is 5.56 Å². The summed E-state index contributed by atoms with van der Waals surface area (Å²) in [5.41, 5.74) is 2.05. The van der Waals surface area contributed by atoms with Crippen molar-refractivity contribution in [1.29, 1.82) is 0 Å². The lowest BCUT2D eigenvalue weighted by atomic mass is 10.2. The number of aromatic nitrogens is 3. The van der Waals surface area contributed by atoms with E-state index < -0.39 is 0 Å². The van der Waals surface area contributed by atoms with Crippen molar-refractivity contribution in [3.63, 3.8) is 0 Å². The van der Waals surface area contributed by atoms with E-state index in [2.05, 4.69) is 20.5 Å². The summed E-state index contributed by atoms with van der Waals surface area (Å²) in [6.45, 7) is 0.586. The van der Waals surface area contributed by atoms with Gasteiger partial charge in [0.05, 0.1) is 23.0 Å². The van der Waals surface area contributed by atoms with Gasteiger partial charge < -0.3 is 5.32 Å². The maximum absolute atomic E-state index is 12.7. The molecule has 3 rings (SSSR count). The smallest absolute Gasteiger partial charge is 0.141 e. The number of nitrogens with one attached hydrogen (secondary N) is 2. The van der Waals surface area contributed by atoms with Crippen LogP contribution in [0.2, 0.25) is 0 Å². The highest BCUT2D eigenvalue weighted by Gasteiger charge is 2.08. The van der Waals surface area contributed by atoms with Crippen LogP contribution in [0.4, 0.5) is 10.2 Å². The number of hydrogen-bond acceptors (Lipinski definition) is 4. The fraction of sp³-hybridized carbons (Fsp3) is 0.0769. The highest BCUT2D eigenvalue weighted by molar-refractivity contribution is 7.13. The maximum atomic E-state index is 12.7. The van der Waals surface area contributed by atoms with Gasteiger partial charge in [0.25, 0.3) is 0 Å². The highest BCUT2D eigenvalue weighted by atomic mass is 32.1. The number of H-pyrrole nitrogens is 1. The zero-order chi connectivity index (χ0) is 13.1. The first-order chi connectivity index (χ1) is 9.33. The summed E-state index contributed by atoms with van der Waals surface area (Å²) < 4.78 is 12.7. The predicted octanol–water partition coefficient (Wildman–Crippen LogP) is 3.28. The first kappa shape index (κ1) is 11.9. The normalized spacial score (nSPS) is 10.6. The fourth-order valence-corrected chi connectivity index (χ4v) is 2.50. The molecular formula is C13H11FN4S. The van der Waals surface area contributed by atoms with Gasteiger partial charge in [-0.3, -0.25) is 5.10 Å². The Labute approximate surface area is 113 Å². The molecule has 2 N–H and O–H groups in total. The van der Waals surface area contributed by atoms with Crippen LogP contribution in [0, 0.1) is 5.82 Å². The first-order valence-electron chi connectivity index (χ1n) is 5.74. The van der Waals surface area contributed by atoms with Crippen molar-refractivity contribution in [2.24, 2.45) is 0 Å². The van der Waals surface area contributed by atoms with Crippen molar-refractivity contribution in [2.45, 2.75) is 6.54 Å². The highest BCUT2D eigenvalue weighted by Crippen LogP contribution is 2.26. The third-order valence-corrected chi connectivity index (χ3v) is 3.56. The van der Waals surface area contributed by atoms with Gasteiger partial charge >= 0.3 is 0 Å². The van der Waals surface area contributed by atoms with Gasteiger partial charge in [-0.05, 0) is 23.6 Å². The summed E-state index contributed by atoms with van der Waals surface area (Å²) in [6.07, 6.45) is 2.98. The summed E-state index contributed by atoms with van der Waals surface area (Å²) in [4.78, 5) is 5.10. The number of pyridine rings is 1. The third-order valence-electron chi connectivity index (χ3n) is 2.67. The van der Waals surface area contributed by atoms with E-state index in [1.165, 1.54) is 12.3 Å². The van der Waals surface area contributed by atoms with E-state index in [9.17, 15) is 4.39 Å². The van der Waals surface area contributed by atoms with Gasteiger partial charge in [0.2, 0.25) is 0 Å². The molecule has 0 unspecified atom stereocenters. The molecule has 0 bridgehead atoms. The molecule has 6 heteroatoms. The van der Waals surface area contributed by atoms with Gasteiger partial charge in [-0.2, -0.15) is 5.10 Å². The number of anilines is 1. The van der Waals surface area contributed by atoms with E-state index in [-0.39, 0.29) is 5.82 Å². The molecule has 0 saturated heterocycles. The standard InChI is InChI=1S/C13H11FN4S/c14-10-3-4-12(16-8-10)15-6-9-7-17-18-13(9)11-2-1-5-19-11/h1-5,7-8H,6H2,(H,15,16)(H,17,18). The number of aromatic amines is 1. The van der Waals surface area contributed by atoms with E-state index in [1.807, 2.05) is 17.5 Å². The molecule has 0 radical (unpaired) electrons. The van der Waals surface area contributed by atoms with Crippen LogP contribution < -0.4 is 5.32 Å². The molecule has 0 aliphatic rings. The monoisotopic (exact) mass is 274 g/mol. The SMILES string of the molecule is Fc1ccc(NCc2cn[nH]c2-c2cccs2)nc1. The van der Waals surface area contributed by atoms with Gasteiger partial charge in [0.15, 0.2) is 0 Å². The van der Waals surface area contributed by atoms with Crippen LogP contribution in [-0.2, 0) is 6.54 Å². The molecule has 3 aromatic rings. The molecule has 4 nitrogen and oxygen atoms in total. The van der Waals surface area contributed by atoms with Gasteiger partial charge in [-0.15, -0.1) is 11.3 Å². The van der Waals surface area contributed by atoms with Gasteiger partial charge in [-0.25, -0.2) is 9.37 Å². The van der Waals surface area contributed by atoms with Crippen LogP contribution in [0.5, 0.6) is 0 Å². The second kappa shape index (κ2) is 5.19. The van der Waals surface area contributed by atoms with Crippen molar-refractivity contribution < 1.29 is 4.39 Å². The Morgan fingerprint density at radius 1 is 1.26 bits per heavy atom. The van der Waals surface area contributed by atoms with E-state index in [0.717, 1.165) is 16.1 Å². The lowest BCUT2D eigenvalue weighted by Crippen LogP contribution is -2.01. The van der Waals surface area contributed by atoms with Crippen LogP contribution in [0.15, 0.2) is 42.0 Å². The molecule has 19 heavy (non-hydrogen) atoms. The van der Waals surface area contributed by atoms with Gasteiger partial charge in [-0.1, -0.05) is 6.07 Å². The van der Waals surface area contributed by atoms with Crippen molar-refractivity contribution in [1.82, 2.24) is 15.2 Å². The molecule has 3 heterocycles. The zero-order valence-corrected chi connectivity index (χ0v) is 10.7. The molecule has 3 aromatic heterocycles. The Balaban J connectivity index is 1.74. The summed E-state index contributed by atoms with van der Waals surface area (Å²) in [7, 11) is 0. The van der Waals surface area contributed by atoms with Crippen molar-refractivity contribution in [3.05, 3.63) is 53.4 Å².